The summed E-state index contributed by atoms with van der Waals surface area (Å²) in [4.78, 5) is 16.2. The van der Waals surface area contributed by atoms with Crippen molar-refractivity contribution in [1.82, 2.24) is 14.9 Å². The highest BCUT2D eigenvalue weighted by Gasteiger charge is 2.10. The van der Waals surface area contributed by atoms with Gasteiger partial charge < -0.3 is 9.88 Å². The first-order valence-corrected chi connectivity index (χ1v) is 8.55. The summed E-state index contributed by atoms with van der Waals surface area (Å²) in [5.74, 6) is 0.0803. The molecule has 1 N–H and O–H groups in total. The van der Waals surface area contributed by atoms with Crippen molar-refractivity contribution in [1.29, 1.82) is 0 Å². The zero-order valence-electron chi connectivity index (χ0n) is 13.0. The van der Waals surface area contributed by atoms with Gasteiger partial charge in [-0.15, -0.1) is 0 Å². The van der Waals surface area contributed by atoms with Crippen LogP contribution in [0.2, 0.25) is 0 Å². The van der Waals surface area contributed by atoms with Gasteiger partial charge in [-0.2, -0.15) is 11.3 Å². The van der Waals surface area contributed by atoms with Gasteiger partial charge in [0.2, 0.25) is 5.91 Å². The molecule has 2 aromatic heterocycles. The summed E-state index contributed by atoms with van der Waals surface area (Å²) in [6.07, 6.45) is 6.73. The molecule has 1 amide bonds. The fourth-order valence-electron chi connectivity index (χ4n) is 2.46. The molecule has 0 aliphatic carbocycles. The van der Waals surface area contributed by atoms with E-state index in [0.717, 1.165) is 17.7 Å². The molecule has 0 saturated carbocycles. The summed E-state index contributed by atoms with van der Waals surface area (Å²) < 4.78 is 1.95. The molecule has 0 spiro atoms. The van der Waals surface area contributed by atoms with Crippen molar-refractivity contribution in [3.63, 3.8) is 0 Å². The summed E-state index contributed by atoms with van der Waals surface area (Å²) in [6, 6.07) is 10.2. The number of amides is 1. The lowest BCUT2D eigenvalue weighted by atomic mass is 10.1. The number of carbonyl (C=O) groups is 1. The molecule has 0 radical (unpaired) electrons. The van der Waals surface area contributed by atoms with Crippen molar-refractivity contribution in [3.05, 3.63) is 70.9 Å². The third kappa shape index (κ3) is 4.07. The molecule has 3 rings (SSSR count). The Kier molecular flexibility index (Phi) is 4.88. The fourth-order valence-corrected chi connectivity index (χ4v) is 3.16. The number of hydrogen-bond donors (Lipinski definition) is 1. The van der Waals surface area contributed by atoms with Crippen LogP contribution in [0.4, 0.5) is 0 Å². The molecule has 118 valence electrons. The molecule has 3 aromatic rings. The van der Waals surface area contributed by atoms with Crippen LogP contribution in [0.5, 0.6) is 0 Å². The van der Waals surface area contributed by atoms with Crippen molar-refractivity contribution < 1.29 is 4.79 Å². The fraction of sp³-hybridized carbons (Fsp3) is 0.222. The number of aromatic nitrogens is 2. The van der Waals surface area contributed by atoms with E-state index >= 15 is 0 Å². The van der Waals surface area contributed by atoms with Crippen LogP contribution in [0.3, 0.4) is 0 Å². The number of nitrogens with zero attached hydrogens (tertiary/aromatic N) is 2. The van der Waals surface area contributed by atoms with Gasteiger partial charge in [0.15, 0.2) is 0 Å². The summed E-state index contributed by atoms with van der Waals surface area (Å²) in [5, 5.41) is 7.20. The average Bonchev–Trinajstić information content (AvgIpc) is 3.26. The maximum Gasteiger partial charge on any atom is 0.220 e. The summed E-state index contributed by atoms with van der Waals surface area (Å²) in [6.45, 7) is 2.01. The minimum Gasteiger partial charge on any atom is -0.350 e. The van der Waals surface area contributed by atoms with E-state index in [-0.39, 0.29) is 11.9 Å². The number of nitrogens with one attached hydrogen (secondary N) is 1. The summed E-state index contributed by atoms with van der Waals surface area (Å²) in [7, 11) is 0. The van der Waals surface area contributed by atoms with Gasteiger partial charge >= 0.3 is 0 Å². The molecule has 23 heavy (non-hydrogen) atoms. The summed E-state index contributed by atoms with van der Waals surface area (Å²) >= 11 is 1.66. The molecule has 0 unspecified atom stereocenters. The van der Waals surface area contributed by atoms with E-state index in [2.05, 4.69) is 27.8 Å². The highest BCUT2D eigenvalue weighted by molar-refractivity contribution is 7.07. The molecular formula is C18H19N3OS. The third-order valence-electron chi connectivity index (χ3n) is 3.77. The Bertz CT molecular complexity index is 750. The molecular weight excluding hydrogens is 306 g/mol. The third-order valence-corrected chi connectivity index (χ3v) is 4.50. The standard InChI is InChI=1S/C18H19N3OS/c1-14(20-18(22)6-5-15-7-10-23-12-15)16-3-2-4-17(11-16)21-9-8-19-13-21/h2-4,7-14H,5-6H2,1H3,(H,20,22)/t14-/m1/s1. The van der Waals surface area contributed by atoms with Gasteiger partial charge in [-0.3, -0.25) is 4.79 Å². The van der Waals surface area contributed by atoms with Gasteiger partial charge in [0, 0.05) is 24.5 Å². The number of rotatable bonds is 6. The Balaban J connectivity index is 1.60. The molecule has 0 fully saturated rings. The highest BCUT2D eigenvalue weighted by atomic mass is 32.1. The van der Waals surface area contributed by atoms with Gasteiger partial charge in [0.1, 0.15) is 0 Å². The van der Waals surface area contributed by atoms with Crippen molar-refractivity contribution >= 4 is 17.2 Å². The molecule has 0 aliphatic heterocycles. The molecule has 0 aliphatic rings. The molecule has 1 aromatic carbocycles. The number of aryl methyl sites for hydroxylation is 1. The minimum absolute atomic E-state index is 0.0200. The molecule has 1 atom stereocenters. The van der Waals surface area contributed by atoms with Crippen molar-refractivity contribution in [2.24, 2.45) is 0 Å². The zero-order valence-corrected chi connectivity index (χ0v) is 13.8. The van der Waals surface area contributed by atoms with E-state index in [1.165, 1.54) is 5.56 Å². The van der Waals surface area contributed by atoms with Gasteiger partial charge in [0.25, 0.3) is 0 Å². The van der Waals surface area contributed by atoms with E-state index in [0.29, 0.717) is 6.42 Å². The quantitative estimate of drug-likeness (QED) is 0.750. The SMILES string of the molecule is C[C@@H](NC(=O)CCc1ccsc1)c1cccc(-n2ccnc2)c1. The molecule has 2 heterocycles. The minimum atomic E-state index is -0.0200. The van der Waals surface area contributed by atoms with E-state index in [4.69, 9.17) is 0 Å². The first-order valence-electron chi connectivity index (χ1n) is 7.61. The van der Waals surface area contributed by atoms with E-state index in [1.807, 2.05) is 41.3 Å². The number of hydrogen-bond acceptors (Lipinski definition) is 3. The van der Waals surface area contributed by atoms with Crippen LogP contribution < -0.4 is 5.32 Å². The first kappa shape index (κ1) is 15.5. The van der Waals surface area contributed by atoms with Crippen LogP contribution in [0.1, 0.15) is 30.5 Å². The number of imidazole rings is 1. The lowest BCUT2D eigenvalue weighted by molar-refractivity contribution is -0.121. The van der Waals surface area contributed by atoms with Crippen molar-refractivity contribution in [2.75, 3.05) is 0 Å². The normalized spacial score (nSPS) is 12.0. The molecule has 0 saturated heterocycles. The van der Waals surface area contributed by atoms with Crippen LogP contribution in [-0.4, -0.2) is 15.5 Å². The lowest BCUT2D eigenvalue weighted by Crippen LogP contribution is -2.26. The Hall–Kier alpha value is -2.40. The zero-order chi connectivity index (χ0) is 16.1. The van der Waals surface area contributed by atoms with E-state index < -0.39 is 0 Å². The predicted molar refractivity (Wildman–Crippen MR) is 92.8 cm³/mol. The number of benzene rings is 1. The van der Waals surface area contributed by atoms with Crippen LogP contribution in [0.15, 0.2) is 59.8 Å². The van der Waals surface area contributed by atoms with E-state index in [1.54, 1.807) is 23.9 Å². The largest absolute Gasteiger partial charge is 0.350 e. The van der Waals surface area contributed by atoms with Gasteiger partial charge in [-0.1, -0.05) is 12.1 Å². The van der Waals surface area contributed by atoms with E-state index in [9.17, 15) is 4.79 Å². The van der Waals surface area contributed by atoms with Crippen LogP contribution in [0, 0.1) is 0 Å². The predicted octanol–water partition coefficient (Wildman–Crippen LogP) is 3.74. The lowest BCUT2D eigenvalue weighted by Gasteiger charge is -2.15. The maximum atomic E-state index is 12.1. The smallest absolute Gasteiger partial charge is 0.220 e. The molecule has 0 bridgehead atoms. The van der Waals surface area contributed by atoms with Crippen LogP contribution in [-0.2, 0) is 11.2 Å². The Labute approximate surface area is 139 Å². The topological polar surface area (TPSA) is 46.9 Å². The monoisotopic (exact) mass is 325 g/mol. The van der Waals surface area contributed by atoms with Gasteiger partial charge in [0.05, 0.1) is 12.4 Å². The molecule has 4 nitrogen and oxygen atoms in total. The Morgan fingerprint density at radius 2 is 2.30 bits per heavy atom. The summed E-state index contributed by atoms with van der Waals surface area (Å²) in [5.41, 5.74) is 3.35. The second-order valence-corrected chi connectivity index (χ2v) is 6.27. The van der Waals surface area contributed by atoms with Crippen LogP contribution >= 0.6 is 11.3 Å². The van der Waals surface area contributed by atoms with Gasteiger partial charge in [-0.25, -0.2) is 4.98 Å². The Morgan fingerprint density at radius 3 is 3.04 bits per heavy atom. The van der Waals surface area contributed by atoms with Crippen molar-refractivity contribution in [2.45, 2.75) is 25.8 Å². The number of thiophene rings is 1. The average molecular weight is 325 g/mol. The molecule has 5 heteroatoms. The Morgan fingerprint density at radius 1 is 1.39 bits per heavy atom. The second kappa shape index (κ2) is 7.24. The van der Waals surface area contributed by atoms with Gasteiger partial charge in [-0.05, 0) is 53.4 Å². The van der Waals surface area contributed by atoms with Crippen molar-refractivity contribution in [3.8, 4) is 5.69 Å². The number of carbonyl (C=O) groups excluding carboxylic acids is 1. The first-order chi connectivity index (χ1) is 11.2. The maximum absolute atomic E-state index is 12.1. The highest BCUT2D eigenvalue weighted by Crippen LogP contribution is 2.17. The van der Waals surface area contributed by atoms with Crippen LogP contribution in [0.25, 0.3) is 5.69 Å². The second-order valence-electron chi connectivity index (χ2n) is 5.49.